The molecule has 24 heavy (non-hydrogen) atoms. The number of hydrogen-bond donors (Lipinski definition) is 0. The summed E-state index contributed by atoms with van der Waals surface area (Å²) >= 11 is 5.15. The largest absolute Gasteiger partial charge is 0.490 e. The van der Waals surface area contributed by atoms with Gasteiger partial charge in [-0.05, 0) is 63.3 Å². The van der Waals surface area contributed by atoms with Crippen molar-refractivity contribution in [3.63, 3.8) is 0 Å². The van der Waals surface area contributed by atoms with Gasteiger partial charge in [0.2, 0.25) is 0 Å². The molecule has 0 atom stereocenters. The van der Waals surface area contributed by atoms with E-state index < -0.39 is 0 Å². The molecule has 0 saturated heterocycles. The second kappa shape index (κ2) is 7.50. The predicted molar refractivity (Wildman–Crippen MR) is 103 cm³/mol. The number of aliphatic imine (C=N–C) groups is 1. The van der Waals surface area contributed by atoms with Gasteiger partial charge in [-0.3, -0.25) is 0 Å². The van der Waals surface area contributed by atoms with Crippen LogP contribution < -0.4 is 4.74 Å². The lowest BCUT2D eigenvalue weighted by molar-refractivity contribution is 0.242. The highest BCUT2D eigenvalue weighted by molar-refractivity contribution is 9.10. The van der Waals surface area contributed by atoms with Crippen LogP contribution in [0.1, 0.15) is 48.3 Å². The average molecular weight is 403 g/mol. The summed E-state index contributed by atoms with van der Waals surface area (Å²) in [7, 11) is 0. The number of halogens is 1. The van der Waals surface area contributed by atoms with E-state index in [9.17, 15) is 5.26 Å². The Morgan fingerprint density at radius 3 is 2.88 bits per heavy atom. The monoisotopic (exact) mass is 402 g/mol. The Balaban J connectivity index is 1.96. The summed E-state index contributed by atoms with van der Waals surface area (Å²) in [6, 6.07) is 8.24. The molecule has 3 nitrogen and oxygen atoms in total. The normalized spacial score (nSPS) is 14.0. The van der Waals surface area contributed by atoms with Gasteiger partial charge in [-0.25, -0.2) is 4.99 Å². The molecule has 1 aliphatic rings. The SMILES string of the molecule is CC(C)Oc1ccc(Br)cc1/C=N/c1sc2c(c1C#N)CCCC2. The molecule has 124 valence electrons. The molecule has 0 saturated carbocycles. The maximum Gasteiger partial charge on any atom is 0.134 e. The van der Waals surface area contributed by atoms with Gasteiger partial charge in [0.15, 0.2) is 0 Å². The van der Waals surface area contributed by atoms with Crippen molar-refractivity contribution in [2.75, 3.05) is 0 Å². The number of hydrogen-bond acceptors (Lipinski definition) is 4. The lowest BCUT2D eigenvalue weighted by atomic mass is 9.96. The predicted octanol–water partition coefficient (Wildman–Crippen LogP) is 5.80. The maximum absolute atomic E-state index is 9.53. The second-order valence-electron chi connectivity index (χ2n) is 6.11. The molecule has 5 heteroatoms. The molecular formula is C19H19BrN2OS. The van der Waals surface area contributed by atoms with Crippen LogP contribution in [0.4, 0.5) is 5.00 Å². The van der Waals surface area contributed by atoms with Crippen molar-refractivity contribution >= 4 is 38.5 Å². The van der Waals surface area contributed by atoms with Crippen LogP contribution in [-0.2, 0) is 12.8 Å². The fourth-order valence-electron chi connectivity index (χ4n) is 2.87. The van der Waals surface area contributed by atoms with Crippen molar-refractivity contribution in [3.05, 3.63) is 44.2 Å². The average Bonchev–Trinajstić information content (AvgIpc) is 2.92. The van der Waals surface area contributed by atoms with Gasteiger partial charge in [-0.15, -0.1) is 11.3 Å². The molecule has 0 aliphatic heterocycles. The van der Waals surface area contributed by atoms with Gasteiger partial charge in [0.25, 0.3) is 0 Å². The first kappa shape index (κ1) is 17.2. The van der Waals surface area contributed by atoms with Crippen LogP contribution in [0.2, 0.25) is 0 Å². The smallest absolute Gasteiger partial charge is 0.134 e. The standard InChI is InChI=1S/C19H19BrN2OS/c1-12(2)23-17-8-7-14(20)9-13(17)11-22-19-16(10-21)15-5-3-4-6-18(15)24-19/h7-9,11-12H,3-6H2,1-2H3/b22-11+. The molecule has 1 heterocycles. The first-order valence-corrected chi connectivity index (χ1v) is 9.74. The summed E-state index contributed by atoms with van der Waals surface area (Å²) in [6.45, 7) is 4.01. The molecule has 0 spiro atoms. The summed E-state index contributed by atoms with van der Waals surface area (Å²) < 4.78 is 6.83. The Hall–Kier alpha value is -1.64. The molecule has 1 aromatic carbocycles. The molecule has 0 N–H and O–H groups in total. The minimum atomic E-state index is 0.0991. The number of ether oxygens (including phenoxy) is 1. The molecule has 0 unspecified atom stereocenters. The Kier molecular flexibility index (Phi) is 5.37. The third-order valence-corrected chi connectivity index (χ3v) is 5.61. The molecule has 0 fully saturated rings. The lowest BCUT2D eigenvalue weighted by Crippen LogP contribution is -2.07. The van der Waals surface area contributed by atoms with E-state index in [1.165, 1.54) is 23.3 Å². The lowest BCUT2D eigenvalue weighted by Gasteiger charge is -2.12. The maximum atomic E-state index is 9.53. The van der Waals surface area contributed by atoms with Crippen LogP contribution in [0.5, 0.6) is 5.75 Å². The third-order valence-electron chi connectivity index (χ3n) is 3.92. The van der Waals surface area contributed by atoms with Crippen molar-refractivity contribution in [2.24, 2.45) is 4.99 Å². The van der Waals surface area contributed by atoms with Crippen molar-refractivity contribution in [3.8, 4) is 11.8 Å². The number of thiophene rings is 1. The van der Waals surface area contributed by atoms with Crippen LogP contribution in [0.15, 0.2) is 27.7 Å². The van der Waals surface area contributed by atoms with Gasteiger partial charge in [-0.2, -0.15) is 5.26 Å². The Bertz CT molecular complexity index is 818. The minimum absolute atomic E-state index is 0.0991. The van der Waals surface area contributed by atoms with E-state index in [1.54, 1.807) is 17.6 Å². The van der Waals surface area contributed by atoms with Crippen molar-refractivity contribution in [2.45, 2.75) is 45.6 Å². The summed E-state index contributed by atoms with van der Waals surface area (Å²) in [6.07, 6.45) is 6.35. The van der Waals surface area contributed by atoms with Crippen molar-refractivity contribution in [1.29, 1.82) is 5.26 Å². The van der Waals surface area contributed by atoms with E-state index in [4.69, 9.17) is 4.74 Å². The summed E-state index contributed by atoms with van der Waals surface area (Å²) in [5.74, 6) is 0.803. The van der Waals surface area contributed by atoms with Crippen molar-refractivity contribution in [1.82, 2.24) is 0 Å². The molecule has 2 aromatic rings. The van der Waals surface area contributed by atoms with Crippen LogP contribution in [-0.4, -0.2) is 12.3 Å². The zero-order chi connectivity index (χ0) is 17.1. The molecule has 3 rings (SSSR count). The van der Waals surface area contributed by atoms with Crippen LogP contribution in [0.3, 0.4) is 0 Å². The van der Waals surface area contributed by atoms with E-state index in [0.29, 0.717) is 0 Å². The quantitative estimate of drug-likeness (QED) is 0.606. The summed E-state index contributed by atoms with van der Waals surface area (Å²) in [4.78, 5) is 5.96. The Labute approximate surface area is 155 Å². The zero-order valence-corrected chi connectivity index (χ0v) is 16.2. The second-order valence-corrected chi connectivity index (χ2v) is 8.11. The molecule has 0 bridgehead atoms. The van der Waals surface area contributed by atoms with Gasteiger partial charge in [0.05, 0.1) is 11.7 Å². The number of fused-ring (bicyclic) bond motifs is 1. The van der Waals surface area contributed by atoms with E-state index in [1.807, 2.05) is 32.0 Å². The molecule has 0 amide bonds. The van der Waals surface area contributed by atoms with E-state index >= 15 is 0 Å². The highest BCUT2D eigenvalue weighted by Gasteiger charge is 2.20. The first-order valence-electron chi connectivity index (χ1n) is 8.13. The molecule has 1 aliphatic carbocycles. The number of aryl methyl sites for hydroxylation is 1. The highest BCUT2D eigenvalue weighted by Crippen LogP contribution is 2.39. The van der Waals surface area contributed by atoms with Gasteiger partial charge >= 0.3 is 0 Å². The van der Waals surface area contributed by atoms with Gasteiger partial charge in [0, 0.05) is 21.1 Å². The zero-order valence-electron chi connectivity index (χ0n) is 13.8. The van der Waals surface area contributed by atoms with Crippen molar-refractivity contribution < 1.29 is 4.74 Å². The van der Waals surface area contributed by atoms with E-state index in [-0.39, 0.29) is 6.10 Å². The fourth-order valence-corrected chi connectivity index (χ4v) is 4.43. The topological polar surface area (TPSA) is 45.4 Å². The summed E-state index contributed by atoms with van der Waals surface area (Å²) in [5, 5.41) is 10.3. The highest BCUT2D eigenvalue weighted by atomic mass is 79.9. The van der Waals surface area contributed by atoms with E-state index in [2.05, 4.69) is 27.0 Å². The Morgan fingerprint density at radius 2 is 2.12 bits per heavy atom. The molecule has 0 radical (unpaired) electrons. The summed E-state index contributed by atoms with van der Waals surface area (Å²) in [5.41, 5.74) is 2.88. The van der Waals surface area contributed by atoms with Gasteiger partial charge in [-0.1, -0.05) is 15.9 Å². The van der Waals surface area contributed by atoms with Crippen LogP contribution in [0.25, 0.3) is 0 Å². The van der Waals surface area contributed by atoms with Crippen LogP contribution >= 0.6 is 27.3 Å². The number of nitriles is 1. The third kappa shape index (κ3) is 3.71. The fraction of sp³-hybridized carbons (Fsp3) is 0.368. The number of rotatable bonds is 4. The molecular weight excluding hydrogens is 384 g/mol. The minimum Gasteiger partial charge on any atom is -0.490 e. The van der Waals surface area contributed by atoms with Gasteiger partial charge in [0.1, 0.15) is 16.8 Å². The number of nitrogens with zero attached hydrogens (tertiary/aromatic N) is 2. The van der Waals surface area contributed by atoms with E-state index in [0.717, 1.165) is 39.2 Å². The molecule has 1 aromatic heterocycles. The first-order chi connectivity index (χ1) is 11.6. The number of benzene rings is 1. The Morgan fingerprint density at radius 1 is 1.33 bits per heavy atom. The van der Waals surface area contributed by atoms with Crippen LogP contribution in [0, 0.1) is 11.3 Å². The van der Waals surface area contributed by atoms with Gasteiger partial charge < -0.3 is 4.74 Å².